The molecular formula is C37H35FN4O6. The lowest BCUT2D eigenvalue weighted by atomic mass is 9.92. The molecule has 1 atom stereocenters. The normalized spacial score (nSPS) is 12.2. The minimum absolute atomic E-state index is 0.0589. The second-order valence-electron chi connectivity index (χ2n) is 11.7. The number of carbonyl (C=O) groups excluding carboxylic acids is 3. The highest BCUT2D eigenvalue weighted by Crippen LogP contribution is 2.31. The van der Waals surface area contributed by atoms with E-state index in [9.17, 15) is 28.4 Å². The lowest BCUT2D eigenvalue weighted by molar-refractivity contribution is -0.113. The van der Waals surface area contributed by atoms with Gasteiger partial charge in [0, 0.05) is 35.1 Å². The summed E-state index contributed by atoms with van der Waals surface area (Å²) in [6, 6.07) is 13.3. The van der Waals surface area contributed by atoms with Gasteiger partial charge in [0.2, 0.25) is 0 Å². The number of fused-ring (bicyclic) bond motifs is 1. The Morgan fingerprint density at radius 2 is 1.69 bits per heavy atom. The number of carbonyl (C=O) groups is 3. The van der Waals surface area contributed by atoms with Crippen LogP contribution in [0.4, 0.5) is 10.1 Å². The molecule has 10 nitrogen and oxygen atoms in total. The number of H-pyrrole nitrogens is 2. The second-order valence-corrected chi connectivity index (χ2v) is 11.7. The van der Waals surface area contributed by atoms with E-state index in [1.165, 1.54) is 30.5 Å². The van der Waals surface area contributed by atoms with Crippen LogP contribution in [0.25, 0.3) is 22.6 Å². The van der Waals surface area contributed by atoms with Gasteiger partial charge in [-0.25, -0.2) is 9.18 Å². The molecule has 0 aliphatic carbocycles. The molecule has 0 unspecified atom stereocenters. The van der Waals surface area contributed by atoms with E-state index in [-0.39, 0.29) is 46.5 Å². The Bertz CT molecular complexity index is 2210. The van der Waals surface area contributed by atoms with Crippen LogP contribution >= 0.6 is 0 Å². The standard InChI is InChI=1S/C37H35FN4O6/c1-6-7-31(43)27(26-16-24(9-8-19(26)2)34(44)41-21(4)23-10-12-25(38)13-11-23)18-30-20(3)33(22(5)40-30)42-36(46)29-17-28-32(48-37(29)47)14-15-39-35(28)45/h8-18,21,40H,6-7H2,1-5H3,(H,39,45)(H,41,44)(H,42,46)/b27-18-/t21-/m1/s1. The van der Waals surface area contributed by atoms with Gasteiger partial charge in [-0.3, -0.25) is 19.2 Å². The Labute approximate surface area is 275 Å². The first kappa shape index (κ1) is 33.5. The molecule has 5 aromatic rings. The van der Waals surface area contributed by atoms with E-state index in [1.807, 2.05) is 13.8 Å². The van der Waals surface area contributed by atoms with E-state index in [2.05, 4.69) is 20.6 Å². The number of ketones is 1. The number of aromatic amines is 2. The Kier molecular flexibility index (Phi) is 9.69. The summed E-state index contributed by atoms with van der Waals surface area (Å²) in [5.74, 6) is -1.61. The van der Waals surface area contributed by atoms with Crippen molar-refractivity contribution in [1.29, 1.82) is 0 Å². The number of hydrogen-bond donors (Lipinski definition) is 4. The number of Topliss-reactive ketones (excluding diaryl/α,β-unsaturated/α-hetero) is 1. The van der Waals surface area contributed by atoms with Crippen molar-refractivity contribution in [3.63, 3.8) is 0 Å². The van der Waals surface area contributed by atoms with Crippen LogP contribution in [-0.4, -0.2) is 27.6 Å². The minimum Gasteiger partial charge on any atom is -0.422 e. The molecule has 0 spiro atoms. The number of rotatable bonds is 10. The van der Waals surface area contributed by atoms with Gasteiger partial charge in [0.05, 0.1) is 17.1 Å². The molecule has 0 saturated heterocycles. The quantitative estimate of drug-likeness (QED) is 0.126. The number of hydrogen-bond acceptors (Lipinski definition) is 6. The number of allylic oxidation sites excluding steroid dienone is 1. The van der Waals surface area contributed by atoms with Crippen LogP contribution in [0.5, 0.6) is 0 Å². The van der Waals surface area contributed by atoms with Crippen LogP contribution in [0.15, 0.2) is 74.8 Å². The number of amides is 2. The molecule has 2 amide bonds. The molecule has 0 aliphatic rings. The van der Waals surface area contributed by atoms with Gasteiger partial charge in [-0.2, -0.15) is 0 Å². The maximum atomic E-state index is 13.6. The molecule has 5 rings (SSSR count). The molecule has 4 N–H and O–H groups in total. The lowest BCUT2D eigenvalue weighted by Gasteiger charge is -2.16. The molecular weight excluding hydrogens is 615 g/mol. The summed E-state index contributed by atoms with van der Waals surface area (Å²) in [6.45, 7) is 9.05. The van der Waals surface area contributed by atoms with E-state index in [4.69, 9.17) is 4.42 Å². The molecule has 3 aromatic heterocycles. The van der Waals surface area contributed by atoms with E-state index in [0.717, 1.165) is 11.1 Å². The Balaban J connectivity index is 1.48. The van der Waals surface area contributed by atoms with E-state index < -0.39 is 17.1 Å². The molecule has 0 fully saturated rings. The number of anilines is 1. The molecule has 11 heteroatoms. The third-order valence-electron chi connectivity index (χ3n) is 8.20. The summed E-state index contributed by atoms with van der Waals surface area (Å²) < 4.78 is 18.6. The van der Waals surface area contributed by atoms with Gasteiger partial charge in [-0.05, 0) is 98.8 Å². The van der Waals surface area contributed by atoms with Crippen LogP contribution < -0.4 is 21.8 Å². The summed E-state index contributed by atoms with van der Waals surface area (Å²) in [6.07, 6.45) is 3.91. The monoisotopic (exact) mass is 650 g/mol. The maximum Gasteiger partial charge on any atom is 0.349 e. The maximum absolute atomic E-state index is 13.6. The second kappa shape index (κ2) is 13.9. The van der Waals surface area contributed by atoms with Gasteiger partial charge in [0.25, 0.3) is 17.4 Å². The Morgan fingerprint density at radius 3 is 2.40 bits per heavy atom. The Hall–Kier alpha value is -5.84. The molecule has 0 radical (unpaired) electrons. The van der Waals surface area contributed by atoms with Crippen molar-refractivity contribution in [2.75, 3.05) is 5.32 Å². The van der Waals surface area contributed by atoms with Gasteiger partial charge in [0.15, 0.2) is 5.78 Å². The van der Waals surface area contributed by atoms with Crippen LogP contribution in [0.2, 0.25) is 0 Å². The summed E-state index contributed by atoms with van der Waals surface area (Å²) >= 11 is 0. The summed E-state index contributed by atoms with van der Waals surface area (Å²) in [5, 5.41) is 5.74. The van der Waals surface area contributed by atoms with Crippen molar-refractivity contribution >= 4 is 45.9 Å². The van der Waals surface area contributed by atoms with Crippen molar-refractivity contribution in [3.05, 3.63) is 132 Å². The molecule has 3 heterocycles. The topological polar surface area (TPSA) is 154 Å². The third-order valence-corrected chi connectivity index (χ3v) is 8.20. The lowest BCUT2D eigenvalue weighted by Crippen LogP contribution is -2.26. The average Bonchev–Trinajstić information content (AvgIpc) is 3.31. The highest BCUT2D eigenvalue weighted by atomic mass is 19.1. The van der Waals surface area contributed by atoms with Crippen molar-refractivity contribution in [2.24, 2.45) is 0 Å². The van der Waals surface area contributed by atoms with Crippen LogP contribution in [0.3, 0.4) is 0 Å². The zero-order valence-electron chi connectivity index (χ0n) is 27.2. The highest BCUT2D eigenvalue weighted by Gasteiger charge is 2.22. The molecule has 0 saturated carbocycles. The SMILES string of the molecule is CCCC(=O)/C(=C\c1[nH]c(C)c(NC(=O)c2cc3c(=O)[nH]ccc3oc2=O)c1C)c1cc(C(=O)N[C@H](C)c2ccc(F)cc2)ccc1C. The van der Waals surface area contributed by atoms with E-state index in [1.54, 1.807) is 57.2 Å². The first-order chi connectivity index (χ1) is 22.9. The predicted octanol–water partition coefficient (Wildman–Crippen LogP) is 6.53. The third kappa shape index (κ3) is 6.95. The molecule has 48 heavy (non-hydrogen) atoms. The van der Waals surface area contributed by atoms with Crippen LogP contribution in [0, 0.1) is 26.6 Å². The van der Waals surface area contributed by atoms with Gasteiger partial charge in [-0.15, -0.1) is 0 Å². The smallest absolute Gasteiger partial charge is 0.349 e. The molecule has 2 aromatic carbocycles. The van der Waals surface area contributed by atoms with Crippen LogP contribution in [-0.2, 0) is 4.79 Å². The zero-order chi connectivity index (χ0) is 34.7. The predicted molar refractivity (Wildman–Crippen MR) is 183 cm³/mol. The van der Waals surface area contributed by atoms with Gasteiger partial charge >= 0.3 is 5.63 Å². The number of halogens is 1. The fourth-order valence-corrected chi connectivity index (χ4v) is 5.48. The van der Waals surface area contributed by atoms with Crippen molar-refractivity contribution < 1.29 is 23.2 Å². The average molecular weight is 651 g/mol. The number of aryl methyl sites for hydroxylation is 2. The minimum atomic E-state index is -0.893. The first-order valence-corrected chi connectivity index (χ1v) is 15.5. The largest absolute Gasteiger partial charge is 0.422 e. The highest BCUT2D eigenvalue weighted by molar-refractivity contribution is 6.26. The zero-order valence-corrected chi connectivity index (χ0v) is 27.2. The van der Waals surface area contributed by atoms with Crippen molar-refractivity contribution in [3.8, 4) is 0 Å². The summed E-state index contributed by atoms with van der Waals surface area (Å²) in [4.78, 5) is 70.6. The molecule has 0 aliphatic heterocycles. The summed E-state index contributed by atoms with van der Waals surface area (Å²) in [7, 11) is 0. The Morgan fingerprint density at radius 1 is 0.958 bits per heavy atom. The summed E-state index contributed by atoms with van der Waals surface area (Å²) in [5.41, 5.74) is 3.26. The van der Waals surface area contributed by atoms with E-state index >= 15 is 0 Å². The van der Waals surface area contributed by atoms with Gasteiger partial charge < -0.3 is 25.0 Å². The van der Waals surface area contributed by atoms with Crippen molar-refractivity contribution in [2.45, 2.75) is 53.5 Å². The number of nitrogens with one attached hydrogen (secondary N) is 4. The van der Waals surface area contributed by atoms with Crippen molar-refractivity contribution in [1.82, 2.24) is 15.3 Å². The fourth-order valence-electron chi connectivity index (χ4n) is 5.48. The van der Waals surface area contributed by atoms with Gasteiger partial charge in [-0.1, -0.05) is 25.1 Å². The molecule has 246 valence electrons. The van der Waals surface area contributed by atoms with Gasteiger partial charge in [0.1, 0.15) is 17.0 Å². The van der Waals surface area contributed by atoms with Crippen LogP contribution in [0.1, 0.15) is 87.1 Å². The number of benzene rings is 2. The molecule has 0 bridgehead atoms. The number of pyridine rings is 1. The first-order valence-electron chi connectivity index (χ1n) is 15.5. The fraction of sp³-hybridized carbons (Fsp3) is 0.216. The van der Waals surface area contributed by atoms with E-state index in [0.29, 0.717) is 45.8 Å². The number of aromatic nitrogens is 2.